The molecule has 0 unspecified atom stereocenters. The number of H-pyrrole nitrogens is 1. The predicted octanol–water partition coefficient (Wildman–Crippen LogP) is 3.18. The number of hydrogen-bond donors (Lipinski definition) is 3. The first kappa shape index (κ1) is 13.4. The van der Waals surface area contributed by atoms with Gasteiger partial charge in [-0.1, -0.05) is 42.5 Å². The summed E-state index contributed by atoms with van der Waals surface area (Å²) in [6.07, 6.45) is 0. The van der Waals surface area contributed by atoms with Gasteiger partial charge in [-0.05, 0) is 23.8 Å². The Balaban J connectivity index is 1.67. The molecule has 1 heterocycles. The minimum Gasteiger partial charge on any atom is -0.392 e. The van der Waals surface area contributed by atoms with Crippen LogP contribution >= 0.6 is 0 Å². The summed E-state index contributed by atoms with van der Waals surface area (Å²) in [5.41, 5.74) is 4.94. The van der Waals surface area contributed by atoms with Crippen molar-refractivity contribution in [2.75, 3.05) is 5.32 Å². The molecule has 0 fully saturated rings. The number of nitrogens with zero attached hydrogens (tertiary/aromatic N) is 1. The fourth-order valence-electron chi connectivity index (χ4n) is 2.19. The van der Waals surface area contributed by atoms with Crippen LogP contribution in [0.2, 0.25) is 0 Å². The van der Waals surface area contributed by atoms with Crippen molar-refractivity contribution in [2.45, 2.75) is 13.2 Å². The average molecular weight is 279 g/mol. The molecule has 0 saturated carbocycles. The van der Waals surface area contributed by atoms with Crippen LogP contribution in [-0.2, 0) is 13.2 Å². The van der Waals surface area contributed by atoms with Crippen LogP contribution in [0, 0.1) is 0 Å². The van der Waals surface area contributed by atoms with E-state index >= 15 is 0 Å². The van der Waals surface area contributed by atoms with E-state index in [2.05, 4.69) is 15.5 Å². The third kappa shape index (κ3) is 3.30. The Labute approximate surface area is 123 Å². The third-order valence-corrected chi connectivity index (χ3v) is 3.29. The van der Waals surface area contributed by atoms with Crippen molar-refractivity contribution in [2.24, 2.45) is 0 Å². The van der Waals surface area contributed by atoms with E-state index in [1.807, 2.05) is 60.7 Å². The normalized spacial score (nSPS) is 10.5. The molecule has 3 rings (SSSR count). The fraction of sp³-hybridized carbons (Fsp3) is 0.118. The summed E-state index contributed by atoms with van der Waals surface area (Å²) in [4.78, 5) is 0. The molecule has 0 radical (unpaired) electrons. The summed E-state index contributed by atoms with van der Waals surface area (Å²) in [5.74, 6) is 0. The molecule has 0 aliphatic rings. The van der Waals surface area contributed by atoms with Crippen LogP contribution in [0.15, 0.2) is 60.7 Å². The van der Waals surface area contributed by atoms with Crippen molar-refractivity contribution in [1.29, 1.82) is 0 Å². The van der Waals surface area contributed by atoms with Crippen LogP contribution in [-0.4, -0.2) is 15.3 Å². The number of aromatic nitrogens is 2. The smallest absolute Gasteiger partial charge is 0.0924 e. The highest BCUT2D eigenvalue weighted by Crippen LogP contribution is 2.18. The number of hydrogen-bond acceptors (Lipinski definition) is 3. The van der Waals surface area contributed by atoms with Crippen molar-refractivity contribution < 1.29 is 5.11 Å². The molecule has 3 N–H and O–H groups in total. The first-order valence-corrected chi connectivity index (χ1v) is 6.88. The Morgan fingerprint density at radius 1 is 1.00 bits per heavy atom. The van der Waals surface area contributed by atoms with E-state index in [-0.39, 0.29) is 6.61 Å². The lowest BCUT2D eigenvalue weighted by Gasteiger charge is -2.05. The van der Waals surface area contributed by atoms with E-state index in [4.69, 9.17) is 5.11 Å². The molecular weight excluding hydrogens is 262 g/mol. The Bertz CT molecular complexity index is 707. The number of benzene rings is 2. The van der Waals surface area contributed by atoms with E-state index in [1.165, 1.54) is 0 Å². The topological polar surface area (TPSA) is 60.9 Å². The molecule has 106 valence electrons. The first-order valence-electron chi connectivity index (χ1n) is 6.88. The van der Waals surface area contributed by atoms with Crippen molar-refractivity contribution in [3.63, 3.8) is 0 Å². The first-order chi connectivity index (χ1) is 10.3. The minimum absolute atomic E-state index is 0.0533. The number of nitrogens with one attached hydrogen (secondary N) is 2. The van der Waals surface area contributed by atoms with Gasteiger partial charge in [0.2, 0.25) is 0 Å². The molecule has 3 aromatic rings. The maximum Gasteiger partial charge on any atom is 0.0924 e. The van der Waals surface area contributed by atoms with Gasteiger partial charge in [-0.3, -0.25) is 5.10 Å². The highest BCUT2D eigenvalue weighted by molar-refractivity contribution is 5.59. The lowest BCUT2D eigenvalue weighted by Crippen LogP contribution is -2.00. The molecule has 0 spiro atoms. The molecule has 0 bridgehead atoms. The highest BCUT2D eigenvalue weighted by atomic mass is 16.3. The second kappa shape index (κ2) is 6.24. The van der Waals surface area contributed by atoms with Gasteiger partial charge in [0, 0.05) is 11.3 Å². The molecule has 0 aliphatic heterocycles. The molecule has 0 aliphatic carbocycles. The van der Waals surface area contributed by atoms with Gasteiger partial charge < -0.3 is 10.4 Å². The van der Waals surface area contributed by atoms with Crippen LogP contribution < -0.4 is 5.32 Å². The summed E-state index contributed by atoms with van der Waals surface area (Å²) >= 11 is 0. The predicted molar refractivity (Wildman–Crippen MR) is 83.7 cm³/mol. The maximum absolute atomic E-state index is 9.13. The number of anilines is 1. The van der Waals surface area contributed by atoms with Gasteiger partial charge in [-0.15, -0.1) is 0 Å². The molecule has 21 heavy (non-hydrogen) atoms. The van der Waals surface area contributed by atoms with Gasteiger partial charge in [0.05, 0.1) is 24.5 Å². The minimum atomic E-state index is 0.0533. The molecule has 1 aromatic heterocycles. The lowest BCUT2D eigenvalue weighted by atomic mass is 10.1. The van der Waals surface area contributed by atoms with E-state index in [9.17, 15) is 0 Å². The molecule has 2 aromatic carbocycles. The summed E-state index contributed by atoms with van der Waals surface area (Å²) in [5, 5.41) is 19.8. The SMILES string of the molecule is OCc1cccc(NCc2cc(-c3ccccc3)n[nH]2)c1. The largest absolute Gasteiger partial charge is 0.392 e. The van der Waals surface area contributed by atoms with Gasteiger partial charge in [0.25, 0.3) is 0 Å². The molecule has 0 saturated heterocycles. The van der Waals surface area contributed by atoms with Crippen LogP contribution in [0.4, 0.5) is 5.69 Å². The van der Waals surface area contributed by atoms with Crippen molar-refractivity contribution in [3.8, 4) is 11.3 Å². The summed E-state index contributed by atoms with van der Waals surface area (Å²) in [7, 11) is 0. The van der Waals surface area contributed by atoms with Crippen molar-refractivity contribution >= 4 is 5.69 Å². The maximum atomic E-state index is 9.13. The fourth-order valence-corrected chi connectivity index (χ4v) is 2.19. The zero-order chi connectivity index (χ0) is 14.5. The molecule has 0 amide bonds. The van der Waals surface area contributed by atoms with Gasteiger partial charge in [0.15, 0.2) is 0 Å². The standard InChI is InChI=1S/C17H17N3O/c21-12-13-5-4-8-15(9-13)18-11-16-10-17(20-19-16)14-6-2-1-3-7-14/h1-10,18,21H,11-12H2,(H,19,20). The second-order valence-electron chi connectivity index (χ2n) is 4.86. The Morgan fingerprint density at radius 3 is 2.67 bits per heavy atom. The Kier molecular flexibility index (Phi) is 3.98. The number of aromatic amines is 1. The van der Waals surface area contributed by atoms with Gasteiger partial charge in [-0.2, -0.15) is 5.10 Å². The van der Waals surface area contributed by atoms with Gasteiger partial charge in [-0.25, -0.2) is 0 Å². The molecular formula is C17H17N3O. The van der Waals surface area contributed by atoms with E-state index < -0.39 is 0 Å². The third-order valence-electron chi connectivity index (χ3n) is 3.29. The average Bonchev–Trinajstić information content (AvgIpc) is 3.03. The molecule has 4 nitrogen and oxygen atoms in total. The lowest BCUT2D eigenvalue weighted by molar-refractivity contribution is 0.282. The number of aliphatic hydroxyl groups excluding tert-OH is 1. The van der Waals surface area contributed by atoms with E-state index in [0.29, 0.717) is 6.54 Å². The van der Waals surface area contributed by atoms with Crippen molar-refractivity contribution in [1.82, 2.24) is 10.2 Å². The number of aliphatic hydroxyl groups is 1. The zero-order valence-electron chi connectivity index (χ0n) is 11.6. The summed E-state index contributed by atoms with van der Waals surface area (Å²) in [6.45, 7) is 0.715. The van der Waals surface area contributed by atoms with Crippen molar-refractivity contribution in [3.05, 3.63) is 71.9 Å². The monoisotopic (exact) mass is 279 g/mol. The number of rotatable bonds is 5. The van der Waals surface area contributed by atoms with Crippen LogP contribution in [0.3, 0.4) is 0 Å². The van der Waals surface area contributed by atoms with E-state index in [0.717, 1.165) is 28.2 Å². The summed E-state index contributed by atoms with van der Waals surface area (Å²) < 4.78 is 0. The van der Waals surface area contributed by atoms with Crippen LogP contribution in [0.25, 0.3) is 11.3 Å². The second-order valence-corrected chi connectivity index (χ2v) is 4.86. The molecule has 4 heteroatoms. The van der Waals surface area contributed by atoms with Gasteiger partial charge >= 0.3 is 0 Å². The Morgan fingerprint density at radius 2 is 1.86 bits per heavy atom. The quantitative estimate of drug-likeness (QED) is 0.672. The Hall–Kier alpha value is -2.59. The highest BCUT2D eigenvalue weighted by Gasteiger charge is 2.03. The zero-order valence-corrected chi connectivity index (χ0v) is 11.6. The molecule has 0 atom stereocenters. The van der Waals surface area contributed by atoms with E-state index in [1.54, 1.807) is 0 Å². The van der Waals surface area contributed by atoms with Gasteiger partial charge in [0.1, 0.15) is 0 Å². The summed E-state index contributed by atoms with van der Waals surface area (Å²) in [6, 6.07) is 19.9. The van der Waals surface area contributed by atoms with Crippen LogP contribution in [0.1, 0.15) is 11.3 Å². The van der Waals surface area contributed by atoms with Crippen LogP contribution in [0.5, 0.6) is 0 Å².